The van der Waals surface area contributed by atoms with Crippen LogP contribution in [0.1, 0.15) is 44.1 Å². The Labute approximate surface area is 178 Å². The molecule has 1 aromatic rings. The minimum absolute atomic E-state index is 0.558. The summed E-state index contributed by atoms with van der Waals surface area (Å²) in [6.07, 6.45) is 6.69. The van der Waals surface area contributed by atoms with Gasteiger partial charge in [-0.3, -0.25) is 4.90 Å². The summed E-state index contributed by atoms with van der Waals surface area (Å²) in [5, 5.41) is 15.6. The first-order chi connectivity index (χ1) is 14.5. The molecular formula is C23H34N2O5. The SMILES string of the molecule is CCOCCN1CCN(c2ccccc2C2CCCC2)CC1.O=C(O)/C=C/C(=O)O. The minimum atomic E-state index is -1.26. The average molecular weight is 419 g/mol. The van der Waals surface area contributed by atoms with Gasteiger partial charge in [-0.1, -0.05) is 31.0 Å². The molecule has 0 bridgehead atoms. The van der Waals surface area contributed by atoms with Crippen molar-refractivity contribution in [2.45, 2.75) is 38.5 Å². The normalized spacial score (nSPS) is 17.7. The number of aliphatic carboxylic acids is 2. The van der Waals surface area contributed by atoms with Gasteiger partial charge in [0.1, 0.15) is 0 Å². The number of anilines is 1. The monoisotopic (exact) mass is 418 g/mol. The molecule has 0 radical (unpaired) electrons. The van der Waals surface area contributed by atoms with Crippen LogP contribution in [0.4, 0.5) is 5.69 Å². The van der Waals surface area contributed by atoms with Gasteiger partial charge in [0.25, 0.3) is 0 Å². The lowest BCUT2D eigenvalue weighted by molar-refractivity contribution is -0.134. The fourth-order valence-corrected chi connectivity index (χ4v) is 4.05. The van der Waals surface area contributed by atoms with Crippen molar-refractivity contribution in [1.82, 2.24) is 4.90 Å². The van der Waals surface area contributed by atoms with E-state index >= 15 is 0 Å². The highest BCUT2D eigenvalue weighted by atomic mass is 16.5. The molecule has 1 aliphatic heterocycles. The molecule has 1 aliphatic carbocycles. The Bertz CT molecular complexity index is 677. The fourth-order valence-electron chi connectivity index (χ4n) is 4.05. The number of carbonyl (C=O) groups is 2. The van der Waals surface area contributed by atoms with E-state index < -0.39 is 11.9 Å². The van der Waals surface area contributed by atoms with Crippen molar-refractivity contribution in [2.24, 2.45) is 0 Å². The van der Waals surface area contributed by atoms with E-state index in [2.05, 4.69) is 41.0 Å². The fraction of sp³-hybridized carbons (Fsp3) is 0.565. The van der Waals surface area contributed by atoms with Gasteiger partial charge in [-0.25, -0.2) is 9.59 Å². The standard InChI is InChI=1S/C19H30N2O.C4H4O4/c1-2-22-16-15-20-11-13-21(14-12-20)19-10-6-5-9-18(19)17-7-3-4-8-17;5-3(6)1-2-4(7)8/h5-6,9-10,17H,2-4,7-8,11-16H2,1H3;1-2H,(H,5,6)(H,7,8)/b;2-1+. The van der Waals surface area contributed by atoms with Gasteiger partial charge >= 0.3 is 11.9 Å². The lowest BCUT2D eigenvalue weighted by Crippen LogP contribution is -2.47. The molecule has 2 N–H and O–H groups in total. The number of hydrogen-bond acceptors (Lipinski definition) is 5. The third kappa shape index (κ3) is 8.16. The summed E-state index contributed by atoms with van der Waals surface area (Å²) in [5.74, 6) is -1.72. The van der Waals surface area contributed by atoms with Gasteiger partial charge in [0.05, 0.1) is 6.61 Å². The average Bonchev–Trinajstić information content (AvgIpc) is 3.28. The third-order valence-corrected chi connectivity index (χ3v) is 5.57. The number of hydrogen-bond donors (Lipinski definition) is 2. The van der Waals surface area contributed by atoms with Gasteiger partial charge in [0.15, 0.2) is 0 Å². The minimum Gasteiger partial charge on any atom is -0.478 e. The zero-order valence-corrected chi connectivity index (χ0v) is 17.8. The maximum atomic E-state index is 9.55. The van der Waals surface area contributed by atoms with E-state index in [9.17, 15) is 9.59 Å². The second-order valence-corrected chi connectivity index (χ2v) is 7.58. The van der Waals surface area contributed by atoms with Crippen molar-refractivity contribution in [3.05, 3.63) is 42.0 Å². The van der Waals surface area contributed by atoms with E-state index in [1.807, 2.05) is 0 Å². The summed E-state index contributed by atoms with van der Waals surface area (Å²) in [7, 11) is 0. The van der Waals surface area contributed by atoms with Crippen LogP contribution >= 0.6 is 0 Å². The van der Waals surface area contributed by atoms with Crippen molar-refractivity contribution in [2.75, 3.05) is 50.8 Å². The van der Waals surface area contributed by atoms with Crippen LogP contribution < -0.4 is 4.90 Å². The first kappa shape index (κ1) is 23.9. The quantitative estimate of drug-likeness (QED) is 0.495. The molecule has 30 heavy (non-hydrogen) atoms. The Balaban J connectivity index is 0.000000343. The van der Waals surface area contributed by atoms with Crippen LogP contribution in [0.5, 0.6) is 0 Å². The molecule has 0 unspecified atom stereocenters. The number of piperazine rings is 1. The van der Waals surface area contributed by atoms with E-state index in [1.165, 1.54) is 31.4 Å². The van der Waals surface area contributed by atoms with E-state index in [0.29, 0.717) is 12.2 Å². The molecule has 166 valence electrons. The zero-order valence-electron chi connectivity index (χ0n) is 17.8. The van der Waals surface area contributed by atoms with Gasteiger partial charge in [-0.15, -0.1) is 0 Å². The van der Waals surface area contributed by atoms with Gasteiger partial charge in [0, 0.05) is 57.2 Å². The number of benzene rings is 1. The van der Waals surface area contributed by atoms with Crippen LogP contribution in [0.3, 0.4) is 0 Å². The topological polar surface area (TPSA) is 90.3 Å². The number of para-hydroxylation sites is 1. The van der Waals surface area contributed by atoms with Crippen molar-refractivity contribution >= 4 is 17.6 Å². The first-order valence-electron chi connectivity index (χ1n) is 10.8. The molecule has 2 aliphatic rings. The summed E-state index contributed by atoms with van der Waals surface area (Å²) in [5.41, 5.74) is 3.10. The molecule has 1 saturated heterocycles. The lowest BCUT2D eigenvalue weighted by Gasteiger charge is -2.37. The van der Waals surface area contributed by atoms with Crippen LogP contribution in [0, 0.1) is 0 Å². The number of rotatable bonds is 8. The highest BCUT2D eigenvalue weighted by Crippen LogP contribution is 2.39. The van der Waals surface area contributed by atoms with Crippen LogP contribution in [-0.2, 0) is 14.3 Å². The zero-order chi connectivity index (χ0) is 21.8. The molecule has 7 heteroatoms. The Morgan fingerprint density at radius 2 is 1.63 bits per heavy atom. The van der Waals surface area contributed by atoms with E-state index in [0.717, 1.165) is 51.9 Å². The lowest BCUT2D eigenvalue weighted by atomic mass is 9.95. The largest absolute Gasteiger partial charge is 0.478 e. The van der Waals surface area contributed by atoms with E-state index in [-0.39, 0.29) is 0 Å². The van der Waals surface area contributed by atoms with Crippen molar-refractivity contribution < 1.29 is 24.5 Å². The van der Waals surface area contributed by atoms with Crippen LogP contribution in [0.2, 0.25) is 0 Å². The number of ether oxygens (including phenoxy) is 1. The smallest absolute Gasteiger partial charge is 0.328 e. The summed E-state index contributed by atoms with van der Waals surface area (Å²) >= 11 is 0. The van der Waals surface area contributed by atoms with Crippen LogP contribution in [0.15, 0.2) is 36.4 Å². The summed E-state index contributed by atoms with van der Waals surface area (Å²) < 4.78 is 5.48. The molecule has 1 aromatic carbocycles. The first-order valence-corrected chi connectivity index (χ1v) is 10.8. The summed E-state index contributed by atoms with van der Waals surface area (Å²) in [6.45, 7) is 9.46. The molecular weight excluding hydrogens is 384 g/mol. The molecule has 1 heterocycles. The Kier molecular flexibility index (Phi) is 10.4. The highest BCUT2D eigenvalue weighted by Gasteiger charge is 2.24. The molecule has 0 aromatic heterocycles. The van der Waals surface area contributed by atoms with Crippen molar-refractivity contribution in [1.29, 1.82) is 0 Å². The predicted molar refractivity (Wildman–Crippen MR) is 117 cm³/mol. The third-order valence-electron chi connectivity index (χ3n) is 5.57. The number of carboxylic acid groups (broad SMARTS) is 2. The van der Waals surface area contributed by atoms with Gasteiger partial charge in [-0.2, -0.15) is 0 Å². The highest BCUT2D eigenvalue weighted by molar-refractivity contribution is 5.89. The van der Waals surface area contributed by atoms with Gasteiger partial charge in [-0.05, 0) is 37.3 Å². The Morgan fingerprint density at radius 3 is 2.20 bits per heavy atom. The second-order valence-electron chi connectivity index (χ2n) is 7.58. The van der Waals surface area contributed by atoms with Crippen LogP contribution in [0.25, 0.3) is 0 Å². The van der Waals surface area contributed by atoms with E-state index in [1.54, 1.807) is 5.56 Å². The molecule has 0 spiro atoms. The van der Waals surface area contributed by atoms with Gasteiger partial charge < -0.3 is 19.8 Å². The summed E-state index contributed by atoms with van der Waals surface area (Å²) in [6, 6.07) is 9.13. The number of carboxylic acids is 2. The van der Waals surface area contributed by atoms with E-state index in [4.69, 9.17) is 14.9 Å². The molecule has 7 nitrogen and oxygen atoms in total. The predicted octanol–water partition coefficient (Wildman–Crippen LogP) is 3.21. The second kappa shape index (κ2) is 13.0. The maximum absolute atomic E-state index is 9.55. The molecule has 0 amide bonds. The number of nitrogens with zero attached hydrogens (tertiary/aromatic N) is 2. The molecule has 1 saturated carbocycles. The summed E-state index contributed by atoms with van der Waals surface area (Å²) in [4.78, 5) is 24.2. The van der Waals surface area contributed by atoms with Crippen LogP contribution in [-0.4, -0.2) is 73.0 Å². The Morgan fingerprint density at radius 1 is 1.03 bits per heavy atom. The van der Waals surface area contributed by atoms with Crippen molar-refractivity contribution in [3.63, 3.8) is 0 Å². The maximum Gasteiger partial charge on any atom is 0.328 e. The molecule has 2 fully saturated rings. The van der Waals surface area contributed by atoms with Gasteiger partial charge in [0.2, 0.25) is 0 Å². The Hall–Kier alpha value is -2.38. The molecule has 3 rings (SSSR count). The molecule has 0 atom stereocenters. The van der Waals surface area contributed by atoms with Crippen molar-refractivity contribution in [3.8, 4) is 0 Å².